The van der Waals surface area contributed by atoms with Gasteiger partial charge < -0.3 is 4.74 Å². The van der Waals surface area contributed by atoms with Crippen molar-refractivity contribution < 1.29 is 4.74 Å². The van der Waals surface area contributed by atoms with E-state index in [1.54, 1.807) is 11.3 Å². The van der Waals surface area contributed by atoms with E-state index in [-0.39, 0.29) is 5.60 Å². The second-order valence-electron chi connectivity index (χ2n) is 6.11. The first-order valence-electron chi connectivity index (χ1n) is 7.21. The fourth-order valence-electron chi connectivity index (χ4n) is 2.82. The SMILES string of the molecule is CC1(C)Cc2c(sc3nc(-c4ccccc4)nc(Cl)c23)CO1. The van der Waals surface area contributed by atoms with Crippen LogP contribution in [0.25, 0.3) is 21.6 Å². The van der Waals surface area contributed by atoms with Gasteiger partial charge in [-0.1, -0.05) is 41.9 Å². The normalized spacial score (nSPS) is 16.7. The summed E-state index contributed by atoms with van der Waals surface area (Å²) in [6.07, 6.45) is 0.843. The fourth-order valence-corrected chi connectivity index (χ4v) is 4.26. The molecule has 22 heavy (non-hydrogen) atoms. The molecule has 5 heteroatoms. The lowest BCUT2D eigenvalue weighted by molar-refractivity contribution is -0.0379. The minimum absolute atomic E-state index is 0.164. The molecule has 1 aliphatic heterocycles. The molecule has 0 aliphatic carbocycles. The van der Waals surface area contributed by atoms with Gasteiger partial charge in [-0.05, 0) is 19.4 Å². The average molecular weight is 331 g/mol. The van der Waals surface area contributed by atoms with Crippen LogP contribution in [0.2, 0.25) is 5.15 Å². The van der Waals surface area contributed by atoms with Crippen LogP contribution in [0.1, 0.15) is 24.3 Å². The molecule has 0 saturated carbocycles. The lowest BCUT2D eigenvalue weighted by atomic mass is 9.94. The second-order valence-corrected chi connectivity index (χ2v) is 7.55. The molecule has 0 N–H and O–H groups in total. The fraction of sp³-hybridized carbons (Fsp3) is 0.294. The first-order valence-corrected chi connectivity index (χ1v) is 8.40. The Hall–Kier alpha value is -1.49. The van der Waals surface area contributed by atoms with Crippen molar-refractivity contribution in [3.8, 4) is 11.4 Å². The van der Waals surface area contributed by atoms with Crippen molar-refractivity contribution >= 4 is 33.2 Å². The molecule has 3 aromatic rings. The van der Waals surface area contributed by atoms with Gasteiger partial charge in [0.2, 0.25) is 0 Å². The molecule has 0 fully saturated rings. The number of benzene rings is 1. The number of ether oxygens (including phenoxy) is 1. The molecule has 0 spiro atoms. The summed E-state index contributed by atoms with van der Waals surface area (Å²) >= 11 is 8.16. The summed E-state index contributed by atoms with van der Waals surface area (Å²) in [5, 5.41) is 1.54. The first kappa shape index (κ1) is 14.1. The molecule has 4 rings (SSSR count). The van der Waals surface area contributed by atoms with Crippen molar-refractivity contribution in [2.24, 2.45) is 0 Å². The maximum absolute atomic E-state index is 6.50. The molecule has 0 atom stereocenters. The number of halogens is 1. The predicted molar refractivity (Wildman–Crippen MR) is 90.4 cm³/mol. The van der Waals surface area contributed by atoms with Crippen LogP contribution in [0, 0.1) is 0 Å². The summed E-state index contributed by atoms with van der Waals surface area (Å²) < 4.78 is 5.90. The molecular weight excluding hydrogens is 316 g/mol. The third-order valence-electron chi connectivity index (χ3n) is 3.92. The Balaban J connectivity index is 1.91. The molecule has 1 aromatic carbocycles. The topological polar surface area (TPSA) is 35.0 Å². The van der Waals surface area contributed by atoms with Crippen LogP contribution < -0.4 is 0 Å². The van der Waals surface area contributed by atoms with Gasteiger partial charge in [0.05, 0.1) is 17.6 Å². The minimum Gasteiger partial charge on any atom is -0.370 e. The Kier molecular flexibility index (Phi) is 3.22. The third-order valence-corrected chi connectivity index (χ3v) is 5.29. The van der Waals surface area contributed by atoms with E-state index in [2.05, 4.69) is 18.8 Å². The summed E-state index contributed by atoms with van der Waals surface area (Å²) in [4.78, 5) is 11.4. The van der Waals surface area contributed by atoms with Crippen LogP contribution in [0.15, 0.2) is 30.3 Å². The van der Waals surface area contributed by atoms with Crippen molar-refractivity contribution in [2.45, 2.75) is 32.5 Å². The van der Waals surface area contributed by atoms with E-state index in [0.29, 0.717) is 17.6 Å². The van der Waals surface area contributed by atoms with Gasteiger partial charge in [-0.15, -0.1) is 11.3 Å². The van der Waals surface area contributed by atoms with Crippen LogP contribution in [-0.2, 0) is 17.8 Å². The number of nitrogens with zero attached hydrogens (tertiary/aromatic N) is 2. The Bertz CT molecular complexity index is 858. The lowest BCUT2D eigenvalue weighted by Gasteiger charge is -2.30. The van der Waals surface area contributed by atoms with Crippen LogP contribution in [-0.4, -0.2) is 15.6 Å². The molecule has 0 radical (unpaired) electrons. The summed E-state index contributed by atoms with van der Waals surface area (Å²) in [6.45, 7) is 4.83. The number of thiophene rings is 1. The molecule has 3 nitrogen and oxygen atoms in total. The zero-order chi connectivity index (χ0) is 15.3. The monoisotopic (exact) mass is 330 g/mol. The van der Waals surface area contributed by atoms with Crippen molar-refractivity contribution in [3.05, 3.63) is 45.9 Å². The van der Waals surface area contributed by atoms with Gasteiger partial charge in [-0.25, -0.2) is 9.97 Å². The molecule has 3 heterocycles. The van der Waals surface area contributed by atoms with Gasteiger partial charge in [0.1, 0.15) is 9.98 Å². The molecule has 2 aromatic heterocycles. The number of hydrogen-bond acceptors (Lipinski definition) is 4. The summed E-state index contributed by atoms with van der Waals surface area (Å²) in [7, 11) is 0. The molecule has 0 bridgehead atoms. The first-order chi connectivity index (χ1) is 10.5. The van der Waals surface area contributed by atoms with E-state index in [9.17, 15) is 0 Å². The summed E-state index contributed by atoms with van der Waals surface area (Å²) in [5.41, 5.74) is 2.07. The number of rotatable bonds is 1. The van der Waals surface area contributed by atoms with Gasteiger partial charge in [-0.3, -0.25) is 0 Å². The van der Waals surface area contributed by atoms with Crippen molar-refractivity contribution in [1.82, 2.24) is 9.97 Å². The Morgan fingerprint density at radius 3 is 2.73 bits per heavy atom. The van der Waals surface area contributed by atoms with Gasteiger partial charge in [0.15, 0.2) is 5.82 Å². The van der Waals surface area contributed by atoms with Crippen LogP contribution >= 0.6 is 22.9 Å². The Labute approximate surface area is 137 Å². The highest BCUT2D eigenvalue weighted by atomic mass is 35.5. The van der Waals surface area contributed by atoms with Gasteiger partial charge >= 0.3 is 0 Å². The van der Waals surface area contributed by atoms with Crippen molar-refractivity contribution in [2.75, 3.05) is 0 Å². The highest BCUT2D eigenvalue weighted by Gasteiger charge is 2.30. The van der Waals surface area contributed by atoms with Crippen LogP contribution in [0.3, 0.4) is 0 Å². The standard InChI is InChI=1S/C17H15ClN2OS/c1-17(2)8-11-12(9-21-17)22-16-13(11)14(18)19-15(20-16)10-6-4-3-5-7-10/h3-7H,8-9H2,1-2H3. The Morgan fingerprint density at radius 1 is 1.18 bits per heavy atom. The van der Waals surface area contributed by atoms with E-state index in [0.717, 1.165) is 22.2 Å². The Morgan fingerprint density at radius 2 is 1.95 bits per heavy atom. The zero-order valence-corrected chi connectivity index (χ0v) is 14.0. The highest BCUT2D eigenvalue weighted by molar-refractivity contribution is 7.19. The second kappa shape index (κ2) is 5.01. The molecule has 112 valence electrons. The number of aromatic nitrogens is 2. The molecule has 0 amide bonds. The van der Waals surface area contributed by atoms with Crippen LogP contribution in [0.4, 0.5) is 0 Å². The smallest absolute Gasteiger partial charge is 0.162 e. The van der Waals surface area contributed by atoms with E-state index in [4.69, 9.17) is 21.3 Å². The zero-order valence-electron chi connectivity index (χ0n) is 12.4. The maximum atomic E-state index is 6.50. The van der Waals surface area contributed by atoms with E-state index in [1.807, 2.05) is 30.3 Å². The molecular formula is C17H15ClN2OS. The minimum atomic E-state index is -0.164. The van der Waals surface area contributed by atoms with Gasteiger partial charge in [0, 0.05) is 16.9 Å². The predicted octanol–water partition coefficient (Wildman–Crippen LogP) is 4.86. The lowest BCUT2D eigenvalue weighted by Crippen LogP contribution is -2.30. The largest absolute Gasteiger partial charge is 0.370 e. The summed E-state index contributed by atoms with van der Waals surface area (Å²) in [5.74, 6) is 0.678. The third kappa shape index (κ3) is 2.32. The number of hydrogen-bond donors (Lipinski definition) is 0. The van der Waals surface area contributed by atoms with Gasteiger partial charge in [0.25, 0.3) is 0 Å². The van der Waals surface area contributed by atoms with Crippen molar-refractivity contribution in [1.29, 1.82) is 0 Å². The molecule has 1 aliphatic rings. The van der Waals surface area contributed by atoms with Crippen molar-refractivity contribution in [3.63, 3.8) is 0 Å². The van der Waals surface area contributed by atoms with E-state index in [1.165, 1.54) is 10.4 Å². The average Bonchev–Trinajstić information content (AvgIpc) is 2.85. The number of fused-ring (bicyclic) bond motifs is 3. The maximum Gasteiger partial charge on any atom is 0.162 e. The van der Waals surface area contributed by atoms with E-state index < -0.39 is 0 Å². The highest BCUT2D eigenvalue weighted by Crippen LogP contribution is 2.41. The quantitative estimate of drug-likeness (QED) is 0.597. The molecule has 0 unspecified atom stereocenters. The molecule has 0 saturated heterocycles. The summed E-state index contributed by atoms with van der Waals surface area (Å²) in [6, 6.07) is 9.93. The van der Waals surface area contributed by atoms with E-state index >= 15 is 0 Å². The van der Waals surface area contributed by atoms with Crippen LogP contribution in [0.5, 0.6) is 0 Å². The van der Waals surface area contributed by atoms with Gasteiger partial charge in [-0.2, -0.15) is 0 Å².